The summed E-state index contributed by atoms with van der Waals surface area (Å²) in [5, 5.41) is 12.9. The average Bonchev–Trinajstić information content (AvgIpc) is 2.73. The molecule has 3 rings (SSSR count). The van der Waals surface area contributed by atoms with Gasteiger partial charge in [-0.15, -0.1) is 12.4 Å². The van der Waals surface area contributed by atoms with E-state index in [9.17, 15) is 4.79 Å². The van der Waals surface area contributed by atoms with Gasteiger partial charge in [-0.05, 0) is 29.3 Å². The number of nitrogens with one attached hydrogen (secondary N) is 1. The highest BCUT2D eigenvalue weighted by Gasteiger charge is 2.13. The van der Waals surface area contributed by atoms with Crippen LogP contribution < -0.4 is 14.8 Å². The zero-order valence-electron chi connectivity index (χ0n) is 16.4. The normalized spacial score (nSPS) is 10.2. The van der Waals surface area contributed by atoms with E-state index in [2.05, 4.69) is 5.32 Å². The summed E-state index contributed by atoms with van der Waals surface area (Å²) >= 11 is 6.24. The number of ether oxygens (including phenoxy) is 2. The van der Waals surface area contributed by atoms with Crippen molar-refractivity contribution in [3.8, 4) is 11.5 Å². The highest BCUT2D eigenvalue weighted by molar-refractivity contribution is 6.30. The number of rotatable bonds is 9. The summed E-state index contributed by atoms with van der Waals surface area (Å²) in [4.78, 5) is 11.0. The molecule has 0 atom stereocenters. The maximum atomic E-state index is 11.0. The van der Waals surface area contributed by atoms with Gasteiger partial charge in [-0.1, -0.05) is 54.1 Å². The molecule has 2 N–H and O–H groups in total. The first-order valence-corrected chi connectivity index (χ1v) is 9.50. The monoisotopic (exact) mass is 447 g/mol. The van der Waals surface area contributed by atoms with Crippen molar-refractivity contribution in [3.05, 3.63) is 94.0 Å². The number of halogens is 2. The van der Waals surface area contributed by atoms with Gasteiger partial charge in [0, 0.05) is 29.7 Å². The summed E-state index contributed by atoms with van der Waals surface area (Å²) < 4.78 is 11.5. The summed E-state index contributed by atoms with van der Waals surface area (Å²) in [6.45, 7) is 1.51. The van der Waals surface area contributed by atoms with Crippen LogP contribution >= 0.6 is 24.0 Å². The SMILES string of the molecule is COc1cc(Cl)cc(CNCc2ccc(C(=O)O)cc2)c1OCc1ccccc1.Cl. The number of aromatic carboxylic acids is 1. The van der Waals surface area contributed by atoms with Crippen LogP contribution in [0.3, 0.4) is 0 Å². The van der Waals surface area contributed by atoms with Gasteiger partial charge in [-0.3, -0.25) is 0 Å². The van der Waals surface area contributed by atoms with Gasteiger partial charge in [0.05, 0.1) is 12.7 Å². The molecule has 3 aromatic carbocycles. The molecule has 0 radical (unpaired) electrons. The second-order valence-corrected chi connectivity index (χ2v) is 6.91. The lowest BCUT2D eigenvalue weighted by molar-refractivity contribution is 0.0697. The number of carboxylic acid groups (broad SMARTS) is 1. The molecule has 158 valence electrons. The van der Waals surface area contributed by atoms with E-state index in [1.807, 2.05) is 36.4 Å². The van der Waals surface area contributed by atoms with Gasteiger partial charge in [0.2, 0.25) is 0 Å². The van der Waals surface area contributed by atoms with Crippen molar-refractivity contribution in [2.24, 2.45) is 0 Å². The van der Waals surface area contributed by atoms with E-state index in [4.69, 9.17) is 26.2 Å². The van der Waals surface area contributed by atoms with Crippen molar-refractivity contribution in [2.45, 2.75) is 19.7 Å². The minimum Gasteiger partial charge on any atom is -0.493 e. The Morgan fingerprint density at radius 3 is 2.33 bits per heavy atom. The maximum Gasteiger partial charge on any atom is 0.335 e. The second kappa shape index (κ2) is 11.5. The van der Waals surface area contributed by atoms with Crippen molar-refractivity contribution in [2.75, 3.05) is 7.11 Å². The third-order valence-electron chi connectivity index (χ3n) is 4.39. The number of hydrogen-bond acceptors (Lipinski definition) is 4. The number of methoxy groups -OCH3 is 1. The van der Waals surface area contributed by atoms with Gasteiger partial charge in [-0.2, -0.15) is 0 Å². The van der Waals surface area contributed by atoms with E-state index in [0.717, 1.165) is 16.7 Å². The molecule has 7 heteroatoms. The van der Waals surface area contributed by atoms with Crippen LogP contribution in [0.1, 0.15) is 27.0 Å². The van der Waals surface area contributed by atoms with Crippen molar-refractivity contribution < 1.29 is 19.4 Å². The summed E-state index contributed by atoms with van der Waals surface area (Å²) in [6.07, 6.45) is 0. The van der Waals surface area contributed by atoms with Gasteiger partial charge in [0.15, 0.2) is 11.5 Å². The van der Waals surface area contributed by atoms with E-state index in [1.54, 1.807) is 37.4 Å². The lowest BCUT2D eigenvalue weighted by Crippen LogP contribution is -2.14. The fourth-order valence-corrected chi connectivity index (χ4v) is 3.14. The predicted molar refractivity (Wildman–Crippen MR) is 120 cm³/mol. The predicted octanol–water partition coefficient (Wildman–Crippen LogP) is 5.34. The van der Waals surface area contributed by atoms with Crippen LogP contribution in [-0.2, 0) is 19.7 Å². The molecule has 0 fully saturated rings. The Labute approximate surface area is 187 Å². The molecule has 30 heavy (non-hydrogen) atoms. The highest BCUT2D eigenvalue weighted by Crippen LogP contribution is 2.35. The van der Waals surface area contributed by atoms with E-state index < -0.39 is 5.97 Å². The molecule has 0 unspecified atom stereocenters. The number of hydrogen-bond donors (Lipinski definition) is 2. The Morgan fingerprint density at radius 1 is 1.00 bits per heavy atom. The van der Waals surface area contributed by atoms with Crippen LogP contribution in [0.2, 0.25) is 5.02 Å². The van der Waals surface area contributed by atoms with Crippen LogP contribution in [0, 0.1) is 0 Å². The molecule has 5 nitrogen and oxygen atoms in total. The Morgan fingerprint density at radius 2 is 1.70 bits per heavy atom. The van der Waals surface area contributed by atoms with Crippen LogP contribution in [0.25, 0.3) is 0 Å². The summed E-state index contributed by atoms with van der Waals surface area (Å²) in [5.41, 5.74) is 3.19. The zero-order chi connectivity index (χ0) is 20.6. The quantitative estimate of drug-likeness (QED) is 0.463. The molecule has 0 saturated carbocycles. The molecule has 0 amide bonds. The van der Waals surface area contributed by atoms with Gasteiger partial charge in [-0.25, -0.2) is 4.79 Å². The fraction of sp³-hybridized carbons (Fsp3) is 0.174. The summed E-state index contributed by atoms with van der Waals surface area (Å²) in [6, 6.07) is 20.3. The second-order valence-electron chi connectivity index (χ2n) is 6.48. The van der Waals surface area contributed by atoms with Crippen molar-refractivity contribution in [1.29, 1.82) is 0 Å². The van der Waals surface area contributed by atoms with Crippen LogP contribution in [0.5, 0.6) is 11.5 Å². The fourth-order valence-electron chi connectivity index (χ4n) is 2.91. The zero-order valence-corrected chi connectivity index (χ0v) is 18.0. The smallest absolute Gasteiger partial charge is 0.335 e. The Balaban J connectivity index is 0.00000320. The largest absolute Gasteiger partial charge is 0.493 e. The average molecular weight is 448 g/mol. The third kappa shape index (κ3) is 6.39. The molecule has 0 spiro atoms. The Hall–Kier alpha value is -2.73. The number of carbonyl (C=O) groups is 1. The van der Waals surface area contributed by atoms with Crippen molar-refractivity contribution in [3.63, 3.8) is 0 Å². The maximum absolute atomic E-state index is 11.0. The number of benzene rings is 3. The lowest BCUT2D eigenvalue weighted by Gasteiger charge is -2.16. The first kappa shape index (κ1) is 23.5. The van der Waals surface area contributed by atoms with Gasteiger partial charge >= 0.3 is 5.97 Å². The molecule has 3 aromatic rings. The molecule has 0 bridgehead atoms. The summed E-state index contributed by atoms with van der Waals surface area (Å²) in [5.74, 6) is 0.293. The number of carboxylic acids is 1. The van der Waals surface area contributed by atoms with Crippen LogP contribution in [0.15, 0.2) is 66.7 Å². The van der Waals surface area contributed by atoms with Gasteiger partial charge in [0.25, 0.3) is 0 Å². The van der Waals surface area contributed by atoms with Crippen molar-refractivity contribution >= 4 is 30.0 Å². The van der Waals surface area contributed by atoms with E-state index in [1.165, 1.54) is 0 Å². The van der Waals surface area contributed by atoms with Gasteiger partial charge in [0.1, 0.15) is 6.61 Å². The Kier molecular flexibility index (Phi) is 8.99. The molecular formula is C23H23Cl2NO4. The minimum absolute atomic E-state index is 0. The van der Waals surface area contributed by atoms with E-state index in [-0.39, 0.29) is 18.0 Å². The van der Waals surface area contributed by atoms with Crippen LogP contribution in [-0.4, -0.2) is 18.2 Å². The Bertz CT molecular complexity index is 963. The highest BCUT2D eigenvalue weighted by atomic mass is 35.5. The lowest BCUT2D eigenvalue weighted by atomic mass is 10.1. The molecule has 0 aliphatic rings. The topological polar surface area (TPSA) is 67.8 Å². The minimum atomic E-state index is -0.935. The van der Waals surface area contributed by atoms with Crippen molar-refractivity contribution in [1.82, 2.24) is 5.32 Å². The molecule has 0 aromatic heterocycles. The first-order valence-electron chi connectivity index (χ1n) is 9.13. The molecule has 0 heterocycles. The van der Waals surface area contributed by atoms with Crippen LogP contribution in [0.4, 0.5) is 0 Å². The molecule has 0 aliphatic carbocycles. The standard InChI is InChI=1S/C23H22ClNO4.ClH/c1-28-21-12-20(24)11-19(22(21)29-15-17-5-3-2-4-6-17)14-25-13-16-7-9-18(10-8-16)23(26)27;/h2-12,25H,13-15H2,1H3,(H,26,27);1H. The first-order chi connectivity index (χ1) is 14.1. The van der Waals surface area contributed by atoms with E-state index in [0.29, 0.717) is 36.2 Å². The summed E-state index contributed by atoms with van der Waals surface area (Å²) in [7, 11) is 1.59. The molecule has 0 aliphatic heterocycles. The third-order valence-corrected chi connectivity index (χ3v) is 4.61. The van der Waals surface area contributed by atoms with Gasteiger partial charge < -0.3 is 19.9 Å². The molecular weight excluding hydrogens is 425 g/mol. The van der Waals surface area contributed by atoms with E-state index >= 15 is 0 Å². The molecule has 0 saturated heterocycles.